The molecule has 1 fully saturated rings. The van der Waals surface area contributed by atoms with Crippen LogP contribution in [0.25, 0.3) is 20.8 Å². The predicted octanol–water partition coefficient (Wildman–Crippen LogP) is 6.43. The number of carbonyl (C=O) groups excluding carboxylic acids is 1. The summed E-state index contributed by atoms with van der Waals surface area (Å²) in [5.74, 6) is 3.25. The molecule has 0 atom stereocenters. The summed E-state index contributed by atoms with van der Waals surface area (Å²) in [7, 11) is 3.99. The van der Waals surface area contributed by atoms with Gasteiger partial charge in [-0.1, -0.05) is 38.0 Å². The molecule has 35 heavy (non-hydrogen) atoms. The van der Waals surface area contributed by atoms with Crippen LogP contribution < -0.4 is 10.2 Å². The van der Waals surface area contributed by atoms with E-state index in [-0.39, 0.29) is 5.91 Å². The molecule has 1 saturated carbocycles. The Morgan fingerprint density at radius 1 is 1.03 bits per heavy atom. The van der Waals surface area contributed by atoms with Crippen LogP contribution in [0.3, 0.4) is 0 Å². The summed E-state index contributed by atoms with van der Waals surface area (Å²) in [6.07, 6.45) is 5.05. The van der Waals surface area contributed by atoms with Crippen molar-refractivity contribution in [3.63, 3.8) is 0 Å². The van der Waals surface area contributed by atoms with Crippen molar-refractivity contribution in [2.45, 2.75) is 39.5 Å². The zero-order chi connectivity index (χ0) is 24.8. The van der Waals surface area contributed by atoms with Crippen LogP contribution in [0.1, 0.15) is 48.9 Å². The molecule has 4 aromatic rings. The van der Waals surface area contributed by atoms with Gasteiger partial charge in [-0.25, -0.2) is 15.0 Å². The molecular formula is C27H33N5OS2. The van der Waals surface area contributed by atoms with Gasteiger partial charge >= 0.3 is 0 Å². The average molecular weight is 508 g/mol. The summed E-state index contributed by atoms with van der Waals surface area (Å²) in [4.78, 5) is 28.5. The Morgan fingerprint density at radius 3 is 2.51 bits per heavy atom. The molecule has 0 unspecified atom stereocenters. The first kappa shape index (κ1) is 25.3. The van der Waals surface area contributed by atoms with Gasteiger partial charge in [0.25, 0.3) is 5.91 Å². The van der Waals surface area contributed by atoms with Crippen LogP contribution >= 0.6 is 22.7 Å². The van der Waals surface area contributed by atoms with E-state index in [1.54, 1.807) is 11.3 Å². The highest BCUT2D eigenvalue weighted by atomic mass is 32.1. The fourth-order valence-electron chi connectivity index (χ4n) is 4.27. The summed E-state index contributed by atoms with van der Waals surface area (Å²) in [6.45, 7) is 5.02. The smallest absolute Gasteiger partial charge is 0.270 e. The Kier molecular flexibility index (Phi) is 8.46. The van der Waals surface area contributed by atoms with Crippen LogP contribution in [0, 0.1) is 18.8 Å². The maximum absolute atomic E-state index is 12.2. The number of aryl methyl sites for hydroxylation is 1. The van der Waals surface area contributed by atoms with E-state index >= 15 is 0 Å². The second-order valence-electron chi connectivity index (χ2n) is 9.36. The first-order valence-electron chi connectivity index (χ1n) is 12.1. The number of rotatable bonds is 5. The normalized spacial score (nSPS) is 17.5. The van der Waals surface area contributed by atoms with Gasteiger partial charge in [0, 0.05) is 31.4 Å². The minimum Gasteiger partial charge on any atom is -0.362 e. The van der Waals surface area contributed by atoms with Crippen LogP contribution in [-0.2, 0) is 0 Å². The quantitative estimate of drug-likeness (QED) is 0.337. The molecule has 1 aliphatic carbocycles. The Labute approximate surface area is 215 Å². The first-order chi connectivity index (χ1) is 16.9. The van der Waals surface area contributed by atoms with Crippen molar-refractivity contribution >= 4 is 45.3 Å². The third-order valence-corrected chi connectivity index (χ3v) is 8.16. The van der Waals surface area contributed by atoms with Crippen LogP contribution in [0.15, 0.2) is 47.2 Å². The molecule has 0 bridgehead atoms. The lowest BCUT2D eigenvalue weighted by Crippen LogP contribution is -2.31. The lowest BCUT2D eigenvalue weighted by Gasteiger charge is -2.26. The molecule has 1 N–H and O–H groups in total. The monoisotopic (exact) mass is 507 g/mol. The number of anilines is 1. The van der Waals surface area contributed by atoms with Gasteiger partial charge in [0.15, 0.2) is 0 Å². The molecule has 8 heteroatoms. The molecule has 1 amide bonds. The van der Waals surface area contributed by atoms with Crippen molar-refractivity contribution in [2.75, 3.05) is 25.5 Å². The zero-order valence-electron chi connectivity index (χ0n) is 20.8. The Morgan fingerprint density at radius 2 is 1.80 bits per heavy atom. The van der Waals surface area contributed by atoms with Crippen LogP contribution in [0.2, 0.25) is 0 Å². The van der Waals surface area contributed by atoms with E-state index < -0.39 is 0 Å². The molecule has 0 saturated heterocycles. The number of nitrogens with zero attached hydrogens (tertiary/aromatic N) is 4. The number of aromatic nitrogens is 3. The molecule has 184 valence electrons. The number of carbonyl (C=O) groups is 1. The van der Waals surface area contributed by atoms with Crippen molar-refractivity contribution < 1.29 is 4.79 Å². The van der Waals surface area contributed by atoms with Crippen LogP contribution in [0.4, 0.5) is 5.82 Å². The van der Waals surface area contributed by atoms with Gasteiger partial charge in [-0.2, -0.15) is 0 Å². The number of fused-ring (bicyclic) bond motifs is 1. The topological polar surface area (TPSA) is 71.0 Å². The van der Waals surface area contributed by atoms with Crippen molar-refractivity contribution in [3.8, 4) is 9.88 Å². The third kappa shape index (κ3) is 6.64. The van der Waals surface area contributed by atoms with Crippen molar-refractivity contribution in [2.24, 2.45) is 11.8 Å². The van der Waals surface area contributed by atoms with E-state index in [0.29, 0.717) is 11.6 Å². The maximum Gasteiger partial charge on any atom is 0.270 e. The van der Waals surface area contributed by atoms with Gasteiger partial charge in [-0.3, -0.25) is 4.79 Å². The molecule has 1 aliphatic rings. The SMILES string of the molecule is CC1CCC(CNC(=O)c2csc(-c3cccs3)n2)CC1.Cc1nc(N(C)C)c2ccccc2n1. The fourth-order valence-corrected chi connectivity index (χ4v) is 5.88. The Hall–Kier alpha value is -2.84. The van der Waals surface area contributed by atoms with E-state index in [2.05, 4.69) is 27.2 Å². The van der Waals surface area contributed by atoms with E-state index in [0.717, 1.165) is 44.9 Å². The number of hydrogen-bond donors (Lipinski definition) is 1. The number of para-hydroxylation sites is 1. The molecule has 1 aromatic carbocycles. The van der Waals surface area contributed by atoms with Gasteiger partial charge in [-0.05, 0) is 55.2 Å². The van der Waals surface area contributed by atoms with Crippen LogP contribution in [0.5, 0.6) is 0 Å². The van der Waals surface area contributed by atoms with Crippen molar-refractivity contribution in [1.29, 1.82) is 0 Å². The number of thiophene rings is 1. The number of thiazole rings is 1. The molecule has 0 spiro atoms. The van der Waals surface area contributed by atoms with Gasteiger partial charge in [0.05, 0.1) is 10.4 Å². The standard InChI is InChI=1S/C16H20N2OS2.C11H13N3/c1-11-4-6-12(7-5-11)9-17-15(19)13-10-21-16(18-13)14-3-2-8-20-14;1-8-12-10-7-5-4-6-9(10)11(13-8)14(2)3/h2-3,8,10-12H,4-7,9H2,1H3,(H,17,19);4-7H,1-3H3. The largest absolute Gasteiger partial charge is 0.362 e. The van der Waals surface area contributed by atoms with Crippen molar-refractivity contribution in [3.05, 3.63) is 58.7 Å². The maximum atomic E-state index is 12.2. The van der Waals surface area contributed by atoms with E-state index in [9.17, 15) is 4.79 Å². The van der Waals surface area contributed by atoms with E-state index in [1.165, 1.54) is 37.0 Å². The number of benzene rings is 1. The fraction of sp³-hybridized carbons (Fsp3) is 0.407. The Balaban J connectivity index is 0.000000179. The lowest BCUT2D eigenvalue weighted by molar-refractivity contribution is 0.0937. The van der Waals surface area contributed by atoms with Gasteiger partial charge in [0.1, 0.15) is 22.3 Å². The number of amides is 1. The summed E-state index contributed by atoms with van der Waals surface area (Å²) in [6, 6.07) is 12.1. The van der Waals surface area contributed by atoms with Gasteiger partial charge in [0.2, 0.25) is 0 Å². The highest BCUT2D eigenvalue weighted by molar-refractivity contribution is 7.20. The van der Waals surface area contributed by atoms with Gasteiger partial charge in [-0.15, -0.1) is 22.7 Å². The number of nitrogens with one attached hydrogen (secondary N) is 1. The summed E-state index contributed by atoms with van der Waals surface area (Å²) in [5, 5.41) is 8.97. The highest BCUT2D eigenvalue weighted by Crippen LogP contribution is 2.29. The molecule has 0 aliphatic heterocycles. The second-order valence-corrected chi connectivity index (χ2v) is 11.2. The lowest BCUT2D eigenvalue weighted by atomic mass is 9.83. The second kappa shape index (κ2) is 11.7. The van der Waals surface area contributed by atoms with Crippen molar-refractivity contribution in [1.82, 2.24) is 20.3 Å². The summed E-state index contributed by atoms with van der Waals surface area (Å²) >= 11 is 3.19. The molecule has 5 rings (SSSR count). The minimum atomic E-state index is -0.0346. The van der Waals surface area contributed by atoms with E-state index in [4.69, 9.17) is 0 Å². The molecule has 3 heterocycles. The summed E-state index contributed by atoms with van der Waals surface area (Å²) < 4.78 is 0. The molecule has 0 radical (unpaired) electrons. The average Bonchev–Trinajstić information content (AvgIpc) is 3.56. The number of hydrogen-bond acceptors (Lipinski definition) is 7. The summed E-state index contributed by atoms with van der Waals surface area (Å²) in [5.41, 5.74) is 1.55. The Bertz CT molecular complexity index is 1240. The third-order valence-electron chi connectivity index (χ3n) is 6.27. The predicted molar refractivity (Wildman–Crippen MR) is 147 cm³/mol. The molecule has 3 aromatic heterocycles. The highest BCUT2D eigenvalue weighted by Gasteiger charge is 2.19. The van der Waals surface area contributed by atoms with E-state index in [1.807, 2.05) is 73.1 Å². The van der Waals surface area contributed by atoms with Gasteiger partial charge < -0.3 is 10.2 Å². The first-order valence-corrected chi connectivity index (χ1v) is 13.8. The molecule has 6 nitrogen and oxygen atoms in total. The minimum absolute atomic E-state index is 0.0346. The molecular weight excluding hydrogens is 474 g/mol. The zero-order valence-corrected chi connectivity index (χ0v) is 22.5. The van der Waals surface area contributed by atoms with Crippen LogP contribution in [-0.4, -0.2) is 41.5 Å².